The summed E-state index contributed by atoms with van der Waals surface area (Å²) in [7, 11) is 0. The summed E-state index contributed by atoms with van der Waals surface area (Å²) < 4.78 is 0. The van der Waals surface area contributed by atoms with Gasteiger partial charge in [-0.1, -0.05) is 37.4 Å². The van der Waals surface area contributed by atoms with Gasteiger partial charge in [-0.2, -0.15) is 0 Å². The highest BCUT2D eigenvalue weighted by Gasteiger charge is 2.09. The highest BCUT2D eigenvalue weighted by atomic mass is 35.5. The number of halogens is 1. The summed E-state index contributed by atoms with van der Waals surface area (Å²) in [5.74, 6) is 0. The lowest BCUT2D eigenvalue weighted by Crippen LogP contribution is -2.10. The lowest BCUT2D eigenvalue weighted by atomic mass is 10.0. The molecule has 0 saturated carbocycles. The Hall–Kier alpha value is -0.600. The summed E-state index contributed by atoms with van der Waals surface area (Å²) in [6.07, 6.45) is 4.94. The molecule has 0 bridgehead atoms. The number of rotatable bonds is 4. The molecule has 0 saturated heterocycles. The van der Waals surface area contributed by atoms with Crippen molar-refractivity contribution in [2.45, 2.75) is 32.2 Å². The molecule has 0 radical (unpaired) electrons. The Labute approximate surface area is 84.1 Å². The van der Waals surface area contributed by atoms with Crippen LogP contribution in [0, 0.1) is 0 Å². The van der Waals surface area contributed by atoms with E-state index in [2.05, 4.69) is 11.9 Å². The predicted molar refractivity (Wildman–Crippen MR) is 55.7 cm³/mol. The number of unbranched alkanes of at least 4 members (excludes halogenated alkanes) is 1. The van der Waals surface area contributed by atoms with Gasteiger partial charge in [-0.15, -0.1) is 0 Å². The Morgan fingerprint density at radius 2 is 2.38 bits per heavy atom. The monoisotopic (exact) mass is 198 g/mol. The third-order valence-electron chi connectivity index (χ3n) is 2.06. The van der Waals surface area contributed by atoms with Gasteiger partial charge in [-0.3, -0.25) is 0 Å². The van der Waals surface area contributed by atoms with Gasteiger partial charge in [0.1, 0.15) is 5.15 Å². The number of aromatic nitrogens is 1. The third-order valence-corrected chi connectivity index (χ3v) is 2.37. The highest BCUT2D eigenvalue weighted by molar-refractivity contribution is 6.30. The van der Waals surface area contributed by atoms with E-state index in [1.165, 1.54) is 0 Å². The summed E-state index contributed by atoms with van der Waals surface area (Å²) >= 11 is 5.91. The first-order valence-corrected chi connectivity index (χ1v) is 4.99. The van der Waals surface area contributed by atoms with Gasteiger partial charge in [0.15, 0.2) is 0 Å². The van der Waals surface area contributed by atoms with Crippen LogP contribution < -0.4 is 5.73 Å². The van der Waals surface area contributed by atoms with E-state index in [0.717, 1.165) is 24.8 Å². The molecule has 0 amide bonds. The molecule has 1 atom stereocenters. The second-order valence-corrected chi connectivity index (χ2v) is 3.49. The smallest absolute Gasteiger partial charge is 0.133 e. The van der Waals surface area contributed by atoms with E-state index in [1.807, 2.05) is 12.1 Å². The molecule has 0 aliphatic heterocycles. The Kier molecular flexibility index (Phi) is 4.19. The van der Waals surface area contributed by atoms with Crippen molar-refractivity contribution < 1.29 is 0 Å². The Balaban J connectivity index is 2.65. The van der Waals surface area contributed by atoms with Gasteiger partial charge >= 0.3 is 0 Å². The van der Waals surface area contributed by atoms with Gasteiger partial charge in [-0.25, -0.2) is 4.98 Å². The Bertz CT molecular complexity index is 263. The average Bonchev–Trinajstić information content (AvgIpc) is 2.15. The molecule has 1 rings (SSSR count). The molecule has 2 N–H and O–H groups in total. The topological polar surface area (TPSA) is 38.9 Å². The molecule has 72 valence electrons. The molecule has 1 aromatic rings. The van der Waals surface area contributed by atoms with Crippen LogP contribution in [-0.4, -0.2) is 4.98 Å². The van der Waals surface area contributed by atoms with E-state index in [1.54, 1.807) is 6.20 Å². The number of nitrogens with two attached hydrogens (primary N) is 1. The quantitative estimate of drug-likeness (QED) is 0.756. The van der Waals surface area contributed by atoms with Crippen molar-refractivity contribution in [1.29, 1.82) is 0 Å². The molecule has 0 spiro atoms. The van der Waals surface area contributed by atoms with Crippen molar-refractivity contribution in [1.82, 2.24) is 4.98 Å². The van der Waals surface area contributed by atoms with Crippen molar-refractivity contribution in [3.05, 3.63) is 29.0 Å². The van der Waals surface area contributed by atoms with Gasteiger partial charge in [0, 0.05) is 17.8 Å². The van der Waals surface area contributed by atoms with Crippen LogP contribution in [0.15, 0.2) is 18.3 Å². The Morgan fingerprint density at radius 3 is 3.00 bits per heavy atom. The van der Waals surface area contributed by atoms with E-state index in [4.69, 9.17) is 17.3 Å². The van der Waals surface area contributed by atoms with Crippen LogP contribution in [0.4, 0.5) is 0 Å². The minimum atomic E-state index is 0.0288. The normalized spacial score (nSPS) is 12.8. The number of hydrogen-bond acceptors (Lipinski definition) is 2. The van der Waals surface area contributed by atoms with Crippen molar-refractivity contribution in [3.8, 4) is 0 Å². The molecule has 1 heterocycles. The second-order valence-electron chi connectivity index (χ2n) is 3.13. The van der Waals surface area contributed by atoms with E-state index >= 15 is 0 Å². The SMILES string of the molecule is CCCCC(N)c1cccnc1Cl. The van der Waals surface area contributed by atoms with Crippen LogP contribution in [0.25, 0.3) is 0 Å². The molecule has 0 aromatic carbocycles. The van der Waals surface area contributed by atoms with E-state index in [-0.39, 0.29) is 6.04 Å². The summed E-state index contributed by atoms with van der Waals surface area (Å²) in [6, 6.07) is 3.84. The first kappa shape index (κ1) is 10.5. The van der Waals surface area contributed by atoms with Crippen LogP contribution in [0.5, 0.6) is 0 Å². The number of hydrogen-bond donors (Lipinski definition) is 1. The minimum Gasteiger partial charge on any atom is -0.324 e. The molecule has 3 heteroatoms. The second kappa shape index (κ2) is 5.20. The fourth-order valence-corrected chi connectivity index (χ4v) is 1.51. The molecular formula is C10H15ClN2. The molecule has 1 unspecified atom stereocenters. The van der Waals surface area contributed by atoms with Crippen LogP contribution in [0.3, 0.4) is 0 Å². The average molecular weight is 199 g/mol. The van der Waals surface area contributed by atoms with E-state index < -0.39 is 0 Å². The lowest BCUT2D eigenvalue weighted by molar-refractivity contribution is 0.602. The first-order chi connectivity index (χ1) is 6.25. The van der Waals surface area contributed by atoms with Gasteiger partial charge in [0.05, 0.1) is 0 Å². The molecule has 0 aliphatic rings. The third kappa shape index (κ3) is 2.98. The lowest BCUT2D eigenvalue weighted by Gasteiger charge is -2.11. The maximum atomic E-state index is 5.96. The fourth-order valence-electron chi connectivity index (χ4n) is 1.25. The van der Waals surface area contributed by atoms with Crippen molar-refractivity contribution >= 4 is 11.6 Å². The highest BCUT2D eigenvalue weighted by Crippen LogP contribution is 2.22. The maximum absolute atomic E-state index is 5.96. The predicted octanol–water partition coefficient (Wildman–Crippen LogP) is 2.93. The first-order valence-electron chi connectivity index (χ1n) is 4.61. The minimum absolute atomic E-state index is 0.0288. The zero-order valence-corrected chi connectivity index (χ0v) is 8.59. The summed E-state index contributed by atoms with van der Waals surface area (Å²) in [4.78, 5) is 3.99. The number of pyridine rings is 1. The summed E-state index contributed by atoms with van der Waals surface area (Å²) in [6.45, 7) is 2.15. The summed E-state index contributed by atoms with van der Waals surface area (Å²) in [5.41, 5.74) is 6.91. The van der Waals surface area contributed by atoms with E-state index in [9.17, 15) is 0 Å². The Morgan fingerprint density at radius 1 is 1.62 bits per heavy atom. The van der Waals surface area contributed by atoms with Crippen LogP contribution >= 0.6 is 11.6 Å². The fraction of sp³-hybridized carbons (Fsp3) is 0.500. The van der Waals surface area contributed by atoms with Gasteiger partial charge in [-0.05, 0) is 12.5 Å². The van der Waals surface area contributed by atoms with Gasteiger partial charge < -0.3 is 5.73 Å². The van der Waals surface area contributed by atoms with Gasteiger partial charge in [0.2, 0.25) is 0 Å². The van der Waals surface area contributed by atoms with Crippen molar-refractivity contribution in [2.75, 3.05) is 0 Å². The maximum Gasteiger partial charge on any atom is 0.133 e. The zero-order chi connectivity index (χ0) is 9.68. The van der Waals surface area contributed by atoms with Gasteiger partial charge in [0.25, 0.3) is 0 Å². The van der Waals surface area contributed by atoms with Crippen LogP contribution in [-0.2, 0) is 0 Å². The van der Waals surface area contributed by atoms with E-state index in [0.29, 0.717) is 5.15 Å². The molecule has 0 fully saturated rings. The van der Waals surface area contributed by atoms with Crippen LogP contribution in [0.2, 0.25) is 5.15 Å². The van der Waals surface area contributed by atoms with Crippen molar-refractivity contribution in [2.24, 2.45) is 5.73 Å². The molecule has 2 nitrogen and oxygen atoms in total. The zero-order valence-electron chi connectivity index (χ0n) is 7.83. The number of nitrogens with zero attached hydrogens (tertiary/aromatic N) is 1. The van der Waals surface area contributed by atoms with Crippen molar-refractivity contribution in [3.63, 3.8) is 0 Å². The largest absolute Gasteiger partial charge is 0.324 e. The molecule has 13 heavy (non-hydrogen) atoms. The van der Waals surface area contributed by atoms with Crippen LogP contribution in [0.1, 0.15) is 37.8 Å². The standard InChI is InChI=1S/C10H15ClN2/c1-2-3-6-9(12)8-5-4-7-13-10(8)11/h4-5,7,9H,2-3,6,12H2,1H3. The summed E-state index contributed by atoms with van der Waals surface area (Å²) in [5, 5.41) is 0.533. The molecule has 0 aliphatic carbocycles. The molecular weight excluding hydrogens is 184 g/mol. The molecule has 1 aromatic heterocycles.